The summed E-state index contributed by atoms with van der Waals surface area (Å²) in [5, 5.41) is 1.60. The minimum absolute atomic E-state index is 0.111. The quantitative estimate of drug-likeness (QED) is 0.337. The number of hydrogen-bond acceptors (Lipinski definition) is 5. The van der Waals surface area contributed by atoms with Gasteiger partial charge >= 0.3 is 6.18 Å². The van der Waals surface area contributed by atoms with Crippen molar-refractivity contribution < 1.29 is 40.5 Å². The number of carbonyl (C=O) groups is 3. The molecule has 0 heterocycles. The summed E-state index contributed by atoms with van der Waals surface area (Å²) in [5.41, 5.74) is 0.0822. The number of anilines is 2. The zero-order chi connectivity index (χ0) is 25.3. The van der Waals surface area contributed by atoms with Crippen molar-refractivity contribution in [3.05, 3.63) is 16.3 Å². The van der Waals surface area contributed by atoms with E-state index >= 15 is 0 Å². The first-order valence-corrected chi connectivity index (χ1v) is 13.2. The maximum absolute atomic E-state index is 13.3. The van der Waals surface area contributed by atoms with E-state index in [0.717, 1.165) is 0 Å². The van der Waals surface area contributed by atoms with Gasteiger partial charge in [0.05, 0.1) is 27.6 Å². The van der Waals surface area contributed by atoms with Crippen molar-refractivity contribution in [2.75, 3.05) is 29.6 Å². The van der Waals surface area contributed by atoms with E-state index in [9.17, 15) is 36.0 Å². The Kier molecular flexibility index (Phi) is 10.0. The predicted octanol–water partition coefficient (Wildman–Crippen LogP) is 3.01. The molecular formula is C16H17F3I3N3O6S. The molecule has 1 rings (SSSR count). The lowest BCUT2D eigenvalue weighted by Gasteiger charge is -2.28. The molecule has 0 spiro atoms. The second-order valence-electron chi connectivity index (χ2n) is 6.49. The maximum atomic E-state index is 13.3. The van der Waals surface area contributed by atoms with Gasteiger partial charge in [-0.3, -0.25) is 18.9 Å². The Labute approximate surface area is 223 Å². The molecule has 1 unspecified atom stereocenters. The number of carbonyl (C=O) groups excluding carboxylic acids is 3. The fraction of sp³-hybridized carbons (Fsp3) is 0.438. The fourth-order valence-corrected chi connectivity index (χ4v) is 8.20. The maximum Gasteiger partial charge on any atom is 0.409 e. The molecule has 9 nitrogen and oxygen atoms in total. The van der Waals surface area contributed by atoms with Crippen molar-refractivity contribution in [3.63, 3.8) is 0 Å². The number of nitrogens with zero attached hydrogens (tertiary/aromatic N) is 2. The van der Waals surface area contributed by atoms with Crippen LogP contribution in [0.2, 0.25) is 0 Å². The summed E-state index contributed by atoms with van der Waals surface area (Å²) in [5.74, 6) is -3.95. The molecule has 0 bridgehead atoms. The molecule has 0 aliphatic heterocycles. The van der Waals surface area contributed by atoms with Crippen molar-refractivity contribution in [2.45, 2.75) is 26.1 Å². The summed E-state index contributed by atoms with van der Waals surface area (Å²) in [7, 11) is -2.28. The summed E-state index contributed by atoms with van der Waals surface area (Å²) in [4.78, 5) is 39.2. The lowest BCUT2D eigenvalue weighted by atomic mass is 10.1. The molecule has 16 heteroatoms. The van der Waals surface area contributed by atoms with E-state index in [4.69, 9.17) is 4.55 Å². The summed E-state index contributed by atoms with van der Waals surface area (Å²) < 4.78 is 71.5. The Bertz CT molecular complexity index is 1020. The van der Waals surface area contributed by atoms with Crippen LogP contribution in [0.5, 0.6) is 0 Å². The predicted molar refractivity (Wildman–Crippen MR) is 136 cm³/mol. The van der Waals surface area contributed by atoms with Gasteiger partial charge in [0.2, 0.25) is 11.8 Å². The minimum atomic E-state index is -5.18. The smallest absolute Gasteiger partial charge is 0.339 e. The number of benzene rings is 1. The number of hydrogen-bond donors (Lipinski definition) is 2. The molecule has 0 aromatic heterocycles. The van der Waals surface area contributed by atoms with Gasteiger partial charge in [-0.15, -0.1) is 0 Å². The summed E-state index contributed by atoms with van der Waals surface area (Å²) in [6.45, 7) is 2.48. The van der Waals surface area contributed by atoms with Crippen LogP contribution in [-0.4, -0.2) is 62.8 Å². The molecule has 3 amide bonds. The average molecular weight is 817 g/mol. The molecule has 0 fully saturated rings. The highest BCUT2D eigenvalue weighted by atomic mass is 127. The third-order valence-electron chi connectivity index (χ3n) is 4.19. The number of amides is 3. The molecule has 2 N–H and O–H groups in total. The van der Waals surface area contributed by atoms with Crippen LogP contribution in [0.15, 0.2) is 0 Å². The Balaban J connectivity index is 3.82. The van der Waals surface area contributed by atoms with Crippen LogP contribution in [0.25, 0.3) is 0 Å². The first-order valence-electron chi connectivity index (χ1n) is 8.33. The Hall–Kier alpha value is -0.480. The molecule has 1 aromatic carbocycles. The molecule has 0 aliphatic rings. The lowest BCUT2D eigenvalue weighted by Crippen LogP contribution is -2.50. The molecule has 180 valence electrons. The molecule has 1 aromatic rings. The first-order chi connectivity index (χ1) is 14.3. The highest BCUT2D eigenvalue weighted by molar-refractivity contribution is 14.1. The van der Waals surface area contributed by atoms with Crippen LogP contribution in [-0.2, 0) is 19.7 Å². The second-order valence-corrected chi connectivity index (χ2v) is 11.2. The summed E-state index contributed by atoms with van der Waals surface area (Å²) >= 11 is 5.25. The Morgan fingerprint density at radius 3 is 1.62 bits per heavy atom. The van der Waals surface area contributed by atoms with Gasteiger partial charge in [-0.05, 0) is 67.8 Å². The fourth-order valence-electron chi connectivity index (χ4n) is 2.40. The van der Waals surface area contributed by atoms with E-state index in [1.54, 1.807) is 50.5 Å². The summed E-state index contributed by atoms with van der Waals surface area (Å²) in [6.07, 6.45) is -5.18. The van der Waals surface area contributed by atoms with E-state index < -0.39 is 45.8 Å². The van der Waals surface area contributed by atoms with Crippen LogP contribution in [0.4, 0.5) is 24.5 Å². The van der Waals surface area contributed by atoms with Gasteiger partial charge in [0.1, 0.15) is 11.8 Å². The molecule has 1 atom stereocenters. The third kappa shape index (κ3) is 7.01. The number of nitrogens with one attached hydrogen (secondary N) is 1. The number of halogens is 6. The highest BCUT2D eigenvalue weighted by Gasteiger charge is 2.44. The van der Waals surface area contributed by atoms with Crippen LogP contribution in [0.3, 0.4) is 0 Å². The largest absolute Gasteiger partial charge is 0.409 e. The zero-order valence-electron chi connectivity index (χ0n) is 16.8. The van der Waals surface area contributed by atoms with Crippen LogP contribution in [0, 0.1) is 10.7 Å². The number of rotatable bonds is 6. The minimum Gasteiger partial charge on any atom is -0.339 e. The Morgan fingerprint density at radius 1 is 0.969 bits per heavy atom. The van der Waals surface area contributed by atoms with Gasteiger partial charge in [0, 0.05) is 27.9 Å². The molecule has 0 saturated carbocycles. The molecule has 0 saturated heterocycles. The Morgan fingerprint density at radius 2 is 1.34 bits per heavy atom. The van der Waals surface area contributed by atoms with Gasteiger partial charge < -0.3 is 15.1 Å². The zero-order valence-corrected chi connectivity index (χ0v) is 24.1. The number of alkyl halides is 3. The van der Waals surface area contributed by atoms with Crippen molar-refractivity contribution >= 4 is 107 Å². The molecule has 0 radical (unpaired) electrons. The first kappa shape index (κ1) is 29.6. The van der Waals surface area contributed by atoms with Gasteiger partial charge in [-0.1, -0.05) is 0 Å². The monoisotopic (exact) mass is 817 g/mol. The third-order valence-corrected chi connectivity index (χ3v) is 8.07. The van der Waals surface area contributed by atoms with Crippen LogP contribution in [0.1, 0.15) is 24.2 Å². The second kappa shape index (κ2) is 10.8. The SMILES string of the molecule is CC(=O)N(C)c1c(I)c(C(=O)NC(CS(=O)(=O)O)C(F)(F)F)c(I)c(N(C)C(C)=O)c1I. The van der Waals surface area contributed by atoms with Crippen LogP contribution < -0.4 is 15.1 Å². The van der Waals surface area contributed by atoms with Crippen molar-refractivity contribution in [3.8, 4) is 0 Å². The topological polar surface area (TPSA) is 124 Å². The molecular weight excluding hydrogens is 800 g/mol. The van der Waals surface area contributed by atoms with Crippen molar-refractivity contribution in [1.82, 2.24) is 5.32 Å². The molecule has 0 aliphatic carbocycles. The van der Waals surface area contributed by atoms with E-state index in [-0.39, 0.29) is 24.1 Å². The van der Waals surface area contributed by atoms with E-state index in [1.165, 1.54) is 37.7 Å². The lowest BCUT2D eigenvalue weighted by molar-refractivity contribution is -0.148. The summed E-state index contributed by atoms with van der Waals surface area (Å²) in [6, 6.07) is -2.89. The standard InChI is InChI=1S/C16H17F3I3N3O6S/c1-6(26)24(3)13-10(20)9(11(21)14(12(13)22)25(4)7(2)27)15(28)23-8(16(17,18)19)5-32(29,30)31/h8H,5H2,1-4H3,(H,23,28)(H,29,30,31). The van der Waals surface area contributed by atoms with Gasteiger partial charge in [0.15, 0.2) is 0 Å². The van der Waals surface area contributed by atoms with E-state index in [2.05, 4.69) is 0 Å². The van der Waals surface area contributed by atoms with Crippen molar-refractivity contribution in [2.24, 2.45) is 0 Å². The average Bonchev–Trinajstić information content (AvgIpc) is 2.58. The van der Waals surface area contributed by atoms with Gasteiger partial charge in [-0.2, -0.15) is 21.6 Å². The van der Waals surface area contributed by atoms with E-state index in [1.807, 2.05) is 22.6 Å². The van der Waals surface area contributed by atoms with Gasteiger partial charge in [0.25, 0.3) is 16.0 Å². The van der Waals surface area contributed by atoms with Crippen molar-refractivity contribution in [1.29, 1.82) is 0 Å². The normalized spacial score (nSPS) is 12.8. The van der Waals surface area contributed by atoms with Crippen LogP contribution >= 0.6 is 67.8 Å². The van der Waals surface area contributed by atoms with E-state index in [0.29, 0.717) is 3.57 Å². The van der Waals surface area contributed by atoms with Gasteiger partial charge in [-0.25, -0.2) is 0 Å². The highest BCUT2D eigenvalue weighted by Crippen LogP contribution is 2.42. The molecule has 32 heavy (non-hydrogen) atoms.